The molecule has 82 valence electrons. The van der Waals surface area contributed by atoms with Crippen LogP contribution < -0.4 is 0 Å². The minimum atomic E-state index is 0.0903. The third kappa shape index (κ3) is 1.86. The summed E-state index contributed by atoms with van der Waals surface area (Å²) in [5, 5.41) is 9.51. The Balaban J connectivity index is 2.45. The van der Waals surface area contributed by atoms with Crippen molar-refractivity contribution in [2.45, 2.75) is 38.2 Å². The third-order valence-electron chi connectivity index (χ3n) is 3.34. The van der Waals surface area contributed by atoms with E-state index in [-0.39, 0.29) is 5.41 Å². The molecule has 0 fully saturated rings. The summed E-state index contributed by atoms with van der Waals surface area (Å²) in [7, 11) is 1.77. The van der Waals surface area contributed by atoms with Gasteiger partial charge in [-0.3, -0.25) is 0 Å². The van der Waals surface area contributed by atoms with Crippen LogP contribution in [0.15, 0.2) is 18.2 Å². The molecular weight excluding hydrogens is 188 g/mol. The highest BCUT2D eigenvalue weighted by molar-refractivity contribution is 5.41. The summed E-state index contributed by atoms with van der Waals surface area (Å²) in [4.78, 5) is 0. The normalized spacial score (nSPS) is 23.5. The van der Waals surface area contributed by atoms with Gasteiger partial charge in [-0.15, -0.1) is 0 Å². The molecule has 0 spiro atoms. The van der Waals surface area contributed by atoms with Crippen molar-refractivity contribution in [1.29, 1.82) is 0 Å². The van der Waals surface area contributed by atoms with E-state index in [2.05, 4.69) is 13.8 Å². The highest BCUT2D eigenvalue weighted by atomic mass is 16.5. The maximum atomic E-state index is 9.51. The largest absolute Gasteiger partial charge is 0.508 e. The van der Waals surface area contributed by atoms with Gasteiger partial charge in [-0.25, -0.2) is 0 Å². The van der Waals surface area contributed by atoms with Crippen LogP contribution in [0, 0.1) is 0 Å². The number of fused-ring (bicyclic) bond motifs is 1. The van der Waals surface area contributed by atoms with E-state index in [1.54, 1.807) is 13.2 Å². The van der Waals surface area contributed by atoms with Gasteiger partial charge in [0.05, 0.1) is 6.10 Å². The molecule has 1 N–H and O–H groups in total. The van der Waals surface area contributed by atoms with Crippen molar-refractivity contribution in [3.05, 3.63) is 29.3 Å². The first-order chi connectivity index (χ1) is 7.03. The van der Waals surface area contributed by atoms with Gasteiger partial charge >= 0.3 is 0 Å². The van der Waals surface area contributed by atoms with Gasteiger partial charge in [-0.2, -0.15) is 0 Å². The maximum absolute atomic E-state index is 9.51. The predicted molar refractivity (Wildman–Crippen MR) is 60.3 cm³/mol. The molecule has 0 aliphatic heterocycles. The number of hydrogen-bond donors (Lipinski definition) is 1. The van der Waals surface area contributed by atoms with Gasteiger partial charge in [0, 0.05) is 7.11 Å². The van der Waals surface area contributed by atoms with Crippen LogP contribution in [0.1, 0.15) is 31.4 Å². The lowest BCUT2D eigenvalue weighted by Gasteiger charge is -2.36. The Labute approximate surface area is 90.9 Å². The number of phenols is 1. The van der Waals surface area contributed by atoms with Crippen molar-refractivity contribution >= 4 is 0 Å². The lowest BCUT2D eigenvalue weighted by Crippen LogP contribution is -2.33. The molecule has 0 aromatic heterocycles. The van der Waals surface area contributed by atoms with E-state index in [1.807, 2.05) is 12.1 Å². The Morgan fingerprint density at radius 1 is 1.40 bits per heavy atom. The van der Waals surface area contributed by atoms with Crippen LogP contribution in [0.2, 0.25) is 0 Å². The van der Waals surface area contributed by atoms with E-state index in [4.69, 9.17) is 4.74 Å². The topological polar surface area (TPSA) is 29.5 Å². The smallest absolute Gasteiger partial charge is 0.115 e. The van der Waals surface area contributed by atoms with Crippen molar-refractivity contribution in [1.82, 2.24) is 0 Å². The first-order valence-electron chi connectivity index (χ1n) is 5.38. The Hall–Kier alpha value is -1.02. The average molecular weight is 206 g/mol. The number of phenolic OH excluding ortho intramolecular Hbond substituents is 1. The number of ether oxygens (including phenoxy) is 1. The van der Waals surface area contributed by atoms with Gasteiger partial charge in [-0.1, -0.05) is 19.9 Å². The summed E-state index contributed by atoms with van der Waals surface area (Å²) < 4.78 is 5.45. The summed E-state index contributed by atoms with van der Waals surface area (Å²) in [5.41, 5.74) is 2.65. The zero-order valence-corrected chi connectivity index (χ0v) is 9.58. The SMILES string of the molecule is COC1Cc2ccc(O)cc2C(C)(C)C1. The molecule has 1 aromatic rings. The Morgan fingerprint density at radius 3 is 2.80 bits per heavy atom. The monoisotopic (exact) mass is 206 g/mol. The quantitative estimate of drug-likeness (QED) is 0.765. The van der Waals surface area contributed by atoms with E-state index in [1.165, 1.54) is 11.1 Å². The van der Waals surface area contributed by atoms with Crippen molar-refractivity contribution in [3.8, 4) is 5.75 Å². The van der Waals surface area contributed by atoms with Crippen molar-refractivity contribution in [2.24, 2.45) is 0 Å². The molecule has 0 bridgehead atoms. The molecule has 0 saturated heterocycles. The lowest BCUT2D eigenvalue weighted by atomic mass is 9.71. The molecule has 0 saturated carbocycles. The minimum absolute atomic E-state index is 0.0903. The van der Waals surface area contributed by atoms with Crippen LogP contribution >= 0.6 is 0 Å². The molecule has 0 radical (unpaired) electrons. The van der Waals surface area contributed by atoms with Crippen LogP contribution in [-0.4, -0.2) is 18.3 Å². The standard InChI is InChI=1S/C13H18O2/c1-13(2)8-11(15-3)6-9-4-5-10(14)7-12(9)13/h4-5,7,11,14H,6,8H2,1-3H3. The fourth-order valence-electron chi connectivity index (χ4n) is 2.54. The first kappa shape index (κ1) is 10.5. The molecule has 1 aliphatic carbocycles. The molecule has 1 aliphatic rings. The Bertz CT molecular complexity index is 369. The number of benzene rings is 1. The Morgan fingerprint density at radius 2 is 2.13 bits per heavy atom. The molecule has 1 aromatic carbocycles. The summed E-state index contributed by atoms with van der Waals surface area (Å²) in [5.74, 6) is 0.359. The van der Waals surface area contributed by atoms with Gasteiger partial charge < -0.3 is 9.84 Å². The van der Waals surface area contributed by atoms with E-state index in [9.17, 15) is 5.11 Å². The highest BCUT2D eigenvalue weighted by Gasteiger charge is 2.32. The molecule has 2 heteroatoms. The van der Waals surface area contributed by atoms with Crippen molar-refractivity contribution in [2.75, 3.05) is 7.11 Å². The second-order valence-electron chi connectivity index (χ2n) is 4.99. The van der Waals surface area contributed by atoms with Crippen LogP contribution in [0.25, 0.3) is 0 Å². The van der Waals surface area contributed by atoms with Gasteiger partial charge in [0.25, 0.3) is 0 Å². The molecule has 0 amide bonds. The fraction of sp³-hybridized carbons (Fsp3) is 0.538. The Kier molecular flexibility index (Phi) is 2.47. The third-order valence-corrected chi connectivity index (χ3v) is 3.34. The highest BCUT2D eigenvalue weighted by Crippen LogP contribution is 2.39. The minimum Gasteiger partial charge on any atom is -0.508 e. The van der Waals surface area contributed by atoms with Gasteiger partial charge in [0.15, 0.2) is 0 Å². The molecule has 0 heterocycles. The van der Waals surface area contributed by atoms with Gasteiger partial charge in [0.1, 0.15) is 5.75 Å². The second-order valence-corrected chi connectivity index (χ2v) is 4.99. The van der Waals surface area contributed by atoms with E-state index < -0.39 is 0 Å². The van der Waals surface area contributed by atoms with Crippen LogP contribution in [0.5, 0.6) is 5.75 Å². The van der Waals surface area contributed by atoms with Crippen molar-refractivity contribution in [3.63, 3.8) is 0 Å². The fourth-order valence-corrected chi connectivity index (χ4v) is 2.54. The molecule has 2 rings (SSSR count). The lowest BCUT2D eigenvalue weighted by molar-refractivity contribution is 0.0701. The van der Waals surface area contributed by atoms with E-state index in [0.717, 1.165) is 12.8 Å². The van der Waals surface area contributed by atoms with E-state index in [0.29, 0.717) is 11.9 Å². The first-order valence-corrected chi connectivity index (χ1v) is 5.38. The predicted octanol–water partition coefficient (Wildman–Crippen LogP) is 2.63. The van der Waals surface area contributed by atoms with Crippen LogP contribution in [0.4, 0.5) is 0 Å². The summed E-state index contributed by atoms with van der Waals surface area (Å²) in [6.45, 7) is 4.41. The zero-order valence-electron chi connectivity index (χ0n) is 9.58. The van der Waals surface area contributed by atoms with E-state index >= 15 is 0 Å². The zero-order chi connectivity index (χ0) is 11.1. The summed E-state index contributed by atoms with van der Waals surface area (Å²) >= 11 is 0. The summed E-state index contributed by atoms with van der Waals surface area (Å²) in [6.07, 6.45) is 2.27. The number of aromatic hydroxyl groups is 1. The average Bonchev–Trinajstić information content (AvgIpc) is 2.18. The summed E-state index contributed by atoms with van der Waals surface area (Å²) in [6, 6.07) is 5.66. The molecule has 15 heavy (non-hydrogen) atoms. The molecule has 1 unspecified atom stereocenters. The van der Waals surface area contributed by atoms with Crippen LogP contribution in [0.3, 0.4) is 0 Å². The second kappa shape index (κ2) is 3.53. The number of hydrogen-bond acceptors (Lipinski definition) is 2. The molecular formula is C13H18O2. The number of methoxy groups -OCH3 is 1. The molecule has 1 atom stereocenters. The number of rotatable bonds is 1. The molecule has 2 nitrogen and oxygen atoms in total. The maximum Gasteiger partial charge on any atom is 0.115 e. The van der Waals surface area contributed by atoms with Gasteiger partial charge in [0.2, 0.25) is 0 Å². The van der Waals surface area contributed by atoms with Crippen LogP contribution in [-0.2, 0) is 16.6 Å². The van der Waals surface area contributed by atoms with Gasteiger partial charge in [-0.05, 0) is 41.5 Å². The van der Waals surface area contributed by atoms with Crippen molar-refractivity contribution < 1.29 is 9.84 Å².